The monoisotopic (exact) mass is 357 g/mol. The Kier molecular flexibility index (Phi) is 4.07. The van der Waals surface area contributed by atoms with Crippen LogP contribution in [0.15, 0.2) is 35.3 Å². The van der Waals surface area contributed by atoms with E-state index in [0.717, 1.165) is 8.96 Å². The molecule has 0 saturated heterocycles. The number of aliphatic hydroxyl groups excluding tert-OH is 1. The molecular formula is C14H16INO2. The van der Waals surface area contributed by atoms with E-state index in [0.29, 0.717) is 5.39 Å². The van der Waals surface area contributed by atoms with Crippen LogP contribution in [-0.4, -0.2) is 16.3 Å². The lowest BCUT2D eigenvalue weighted by Crippen LogP contribution is -2.29. The van der Waals surface area contributed by atoms with Crippen LogP contribution in [0, 0.1) is 9.49 Å². The van der Waals surface area contributed by atoms with Gasteiger partial charge < -0.3 is 9.67 Å². The smallest absolute Gasteiger partial charge is 0.258 e. The van der Waals surface area contributed by atoms with E-state index in [1.807, 2.05) is 38.1 Å². The summed E-state index contributed by atoms with van der Waals surface area (Å²) >= 11 is 2.23. The molecule has 2 rings (SSSR count). The summed E-state index contributed by atoms with van der Waals surface area (Å²) in [6.07, 6.45) is 1.79. The van der Waals surface area contributed by atoms with Gasteiger partial charge in [-0.05, 0) is 46.7 Å². The minimum Gasteiger partial charge on any atom is -0.394 e. The van der Waals surface area contributed by atoms with Crippen LogP contribution in [0.4, 0.5) is 0 Å². The van der Waals surface area contributed by atoms with Crippen molar-refractivity contribution in [1.29, 1.82) is 0 Å². The lowest BCUT2D eigenvalue weighted by atomic mass is 10.0. The first-order valence-electron chi connectivity index (χ1n) is 5.96. The summed E-state index contributed by atoms with van der Waals surface area (Å²) in [5, 5.41) is 11.1. The topological polar surface area (TPSA) is 42.2 Å². The molecule has 96 valence electrons. The van der Waals surface area contributed by atoms with E-state index >= 15 is 0 Å². The number of aliphatic hydroxyl groups is 1. The van der Waals surface area contributed by atoms with Crippen molar-refractivity contribution in [2.24, 2.45) is 5.92 Å². The molecule has 0 radical (unpaired) electrons. The fraction of sp³-hybridized carbons (Fsp3) is 0.357. The SMILES string of the molecule is CC(C)C(CO)n1ccc2c(I)cccc2c1=O. The quantitative estimate of drug-likeness (QED) is 0.859. The zero-order valence-electron chi connectivity index (χ0n) is 10.4. The molecule has 2 aromatic rings. The molecule has 0 spiro atoms. The number of hydrogen-bond donors (Lipinski definition) is 1. The van der Waals surface area contributed by atoms with Crippen LogP contribution in [-0.2, 0) is 0 Å². The number of benzene rings is 1. The Labute approximate surface area is 120 Å². The van der Waals surface area contributed by atoms with Crippen molar-refractivity contribution in [2.75, 3.05) is 6.61 Å². The molecule has 0 amide bonds. The first-order chi connectivity index (χ1) is 8.56. The second-order valence-electron chi connectivity index (χ2n) is 4.72. The third-order valence-corrected chi connectivity index (χ3v) is 4.17. The predicted octanol–water partition coefficient (Wildman–Crippen LogP) is 2.80. The molecule has 1 N–H and O–H groups in total. The first kappa shape index (κ1) is 13.5. The van der Waals surface area contributed by atoms with Crippen molar-refractivity contribution in [3.63, 3.8) is 0 Å². The molecule has 1 aromatic heterocycles. The number of hydrogen-bond acceptors (Lipinski definition) is 2. The van der Waals surface area contributed by atoms with Gasteiger partial charge in [0.2, 0.25) is 0 Å². The van der Waals surface area contributed by atoms with Crippen molar-refractivity contribution in [1.82, 2.24) is 4.57 Å². The normalized spacial score (nSPS) is 13.2. The summed E-state index contributed by atoms with van der Waals surface area (Å²) in [6.45, 7) is 3.99. The summed E-state index contributed by atoms with van der Waals surface area (Å²) in [5.74, 6) is 0.216. The highest BCUT2D eigenvalue weighted by molar-refractivity contribution is 14.1. The number of aromatic nitrogens is 1. The minimum absolute atomic E-state index is 0.0208. The zero-order chi connectivity index (χ0) is 13.3. The molecule has 0 aliphatic rings. The number of pyridine rings is 1. The molecule has 0 aliphatic carbocycles. The Morgan fingerprint density at radius 3 is 2.61 bits per heavy atom. The predicted molar refractivity (Wildman–Crippen MR) is 81.9 cm³/mol. The van der Waals surface area contributed by atoms with Gasteiger partial charge in [-0.25, -0.2) is 0 Å². The molecule has 4 heteroatoms. The summed E-state index contributed by atoms with van der Waals surface area (Å²) in [7, 11) is 0. The number of halogens is 1. The highest BCUT2D eigenvalue weighted by Crippen LogP contribution is 2.20. The van der Waals surface area contributed by atoms with E-state index in [9.17, 15) is 9.90 Å². The maximum atomic E-state index is 12.4. The highest BCUT2D eigenvalue weighted by Gasteiger charge is 2.16. The molecule has 0 saturated carbocycles. The van der Waals surface area contributed by atoms with Crippen molar-refractivity contribution >= 4 is 33.4 Å². The fourth-order valence-corrected chi connectivity index (χ4v) is 2.81. The summed E-state index contributed by atoms with van der Waals surface area (Å²) in [4.78, 5) is 12.4. The third-order valence-electron chi connectivity index (χ3n) is 3.23. The maximum absolute atomic E-state index is 12.4. The third kappa shape index (κ3) is 2.31. The van der Waals surface area contributed by atoms with Crippen LogP contribution in [0.1, 0.15) is 19.9 Å². The van der Waals surface area contributed by atoms with E-state index in [1.54, 1.807) is 10.8 Å². The molecule has 1 aromatic carbocycles. The highest BCUT2D eigenvalue weighted by atomic mass is 127. The molecule has 18 heavy (non-hydrogen) atoms. The van der Waals surface area contributed by atoms with Crippen molar-refractivity contribution in [3.05, 3.63) is 44.4 Å². The maximum Gasteiger partial charge on any atom is 0.258 e. The van der Waals surface area contributed by atoms with E-state index in [4.69, 9.17) is 0 Å². The number of rotatable bonds is 3. The van der Waals surface area contributed by atoms with Crippen LogP contribution in [0.25, 0.3) is 10.8 Å². The van der Waals surface area contributed by atoms with Crippen LogP contribution in [0.5, 0.6) is 0 Å². The Bertz CT molecular complexity index is 619. The molecular weight excluding hydrogens is 341 g/mol. The lowest BCUT2D eigenvalue weighted by molar-refractivity contribution is 0.190. The van der Waals surface area contributed by atoms with Crippen LogP contribution >= 0.6 is 22.6 Å². The number of nitrogens with zero attached hydrogens (tertiary/aromatic N) is 1. The van der Waals surface area contributed by atoms with E-state index in [1.165, 1.54) is 0 Å². The molecule has 3 nitrogen and oxygen atoms in total. The van der Waals surface area contributed by atoms with Gasteiger partial charge in [0.25, 0.3) is 5.56 Å². The molecule has 0 aliphatic heterocycles. The summed E-state index contributed by atoms with van der Waals surface area (Å²) in [5.41, 5.74) is -0.0289. The van der Waals surface area contributed by atoms with Crippen molar-refractivity contribution < 1.29 is 5.11 Å². The second kappa shape index (κ2) is 5.40. The first-order valence-corrected chi connectivity index (χ1v) is 7.04. The van der Waals surface area contributed by atoms with E-state index in [-0.39, 0.29) is 24.1 Å². The largest absolute Gasteiger partial charge is 0.394 e. The Morgan fingerprint density at radius 2 is 2.00 bits per heavy atom. The standard InChI is InChI=1S/C14H16INO2/c1-9(2)13(8-17)16-7-6-10-11(14(16)18)4-3-5-12(10)15/h3-7,9,13,17H,8H2,1-2H3. The van der Waals surface area contributed by atoms with Gasteiger partial charge in [-0.15, -0.1) is 0 Å². The number of fused-ring (bicyclic) bond motifs is 1. The van der Waals surface area contributed by atoms with Gasteiger partial charge in [-0.2, -0.15) is 0 Å². The second-order valence-corrected chi connectivity index (χ2v) is 5.89. The Hall–Kier alpha value is -0.880. The van der Waals surface area contributed by atoms with Gasteiger partial charge in [-0.1, -0.05) is 19.9 Å². The van der Waals surface area contributed by atoms with Gasteiger partial charge in [0.1, 0.15) is 0 Å². The summed E-state index contributed by atoms with van der Waals surface area (Å²) < 4.78 is 2.71. The lowest BCUT2D eigenvalue weighted by Gasteiger charge is -2.21. The van der Waals surface area contributed by atoms with E-state index in [2.05, 4.69) is 22.6 Å². The van der Waals surface area contributed by atoms with Gasteiger partial charge in [0.05, 0.1) is 12.6 Å². The Balaban J connectivity index is 2.69. The van der Waals surface area contributed by atoms with Gasteiger partial charge in [0.15, 0.2) is 0 Å². The Morgan fingerprint density at radius 1 is 1.28 bits per heavy atom. The molecule has 1 atom stereocenters. The van der Waals surface area contributed by atoms with Gasteiger partial charge in [-0.3, -0.25) is 4.79 Å². The van der Waals surface area contributed by atoms with Gasteiger partial charge in [0, 0.05) is 20.5 Å². The average molecular weight is 357 g/mol. The van der Waals surface area contributed by atoms with Crippen molar-refractivity contribution in [2.45, 2.75) is 19.9 Å². The minimum atomic E-state index is -0.167. The van der Waals surface area contributed by atoms with Crippen LogP contribution in [0.3, 0.4) is 0 Å². The van der Waals surface area contributed by atoms with Crippen LogP contribution < -0.4 is 5.56 Å². The molecule has 0 fully saturated rings. The molecule has 1 unspecified atom stereocenters. The fourth-order valence-electron chi connectivity index (χ4n) is 2.14. The van der Waals surface area contributed by atoms with Crippen LogP contribution in [0.2, 0.25) is 0 Å². The van der Waals surface area contributed by atoms with Gasteiger partial charge >= 0.3 is 0 Å². The zero-order valence-corrected chi connectivity index (χ0v) is 12.6. The molecule has 0 bridgehead atoms. The van der Waals surface area contributed by atoms with E-state index < -0.39 is 0 Å². The molecule has 1 heterocycles. The van der Waals surface area contributed by atoms with Crippen molar-refractivity contribution in [3.8, 4) is 0 Å². The summed E-state index contributed by atoms with van der Waals surface area (Å²) in [6, 6.07) is 7.49. The average Bonchev–Trinajstić information content (AvgIpc) is 2.33.